The number of halogens is 1. The van der Waals surface area contributed by atoms with Crippen molar-refractivity contribution in [2.45, 2.75) is 39.2 Å². The number of carbonyl (C=O) groups is 1. The van der Waals surface area contributed by atoms with Gasteiger partial charge in [0, 0.05) is 16.4 Å². The second-order valence-electron chi connectivity index (χ2n) is 5.40. The third-order valence-corrected chi connectivity index (χ3v) is 3.61. The van der Waals surface area contributed by atoms with Gasteiger partial charge in [0.2, 0.25) is 5.82 Å². The Labute approximate surface area is 132 Å². The zero-order valence-corrected chi connectivity index (χ0v) is 13.9. The summed E-state index contributed by atoms with van der Waals surface area (Å²) in [7, 11) is 0. The fourth-order valence-electron chi connectivity index (χ4n) is 1.95. The molecule has 1 atom stereocenters. The fourth-order valence-corrected chi connectivity index (χ4v) is 2.21. The average Bonchev–Trinajstić information content (AvgIpc) is 2.91. The maximum atomic E-state index is 12.1. The van der Waals surface area contributed by atoms with Gasteiger partial charge in [0.25, 0.3) is 5.91 Å². The summed E-state index contributed by atoms with van der Waals surface area (Å²) >= 11 is 3.41. The van der Waals surface area contributed by atoms with Gasteiger partial charge in [-0.2, -0.15) is 0 Å². The van der Waals surface area contributed by atoms with Crippen molar-refractivity contribution in [1.29, 1.82) is 0 Å². The van der Waals surface area contributed by atoms with Gasteiger partial charge in [-0.25, -0.2) is 4.98 Å². The van der Waals surface area contributed by atoms with E-state index in [1.54, 1.807) is 0 Å². The van der Waals surface area contributed by atoms with Gasteiger partial charge in [0.15, 0.2) is 0 Å². The highest BCUT2D eigenvalue weighted by atomic mass is 79.9. The van der Waals surface area contributed by atoms with Gasteiger partial charge in [0.1, 0.15) is 5.82 Å². The van der Waals surface area contributed by atoms with Gasteiger partial charge in [-0.05, 0) is 31.0 Å². The highest BCUT2D eigenvalue weighted by molar-refractivity contribution is 9.10. The van der Waals surface area contributed by atoms with Crippen LogP contribution < -0.4 is 5.32 Å². The van der Waals surface area contributed by atoms with Crippen LogP contribution in [0.15, 0.2) is 28.7 Å². The topological polar surface area (TPSA) is 70.7 Å². The zero-order valence-electron chi connectivity index (χ0n) is 12.4. The van der Waals surface area contributed by atoms with E-state index in [1.807, 2.05) is 45.0 Å². The molecule has 1 aromatic carbocycles. The van der Waals surface area contributed by atoms with E-state index in [9.17, 15) is 4.79 Å². The van der Waals surface area contributed by atoms with Crippen LogP contribution in [0.1, 0.15) is 48.7 Å². The maximum absolute atomic E-state index is 12.1. The Hall–Kier alpha value is -1.69. The van der Waals surface area contributed by atoms with Crippen LogP contribution >= 0.6 is 15.9 Å². The Morgan fingerprint density at radius 3 is 2.52 bits per heavy atom. The largest absolute Gasteiger partial charge is 0.346 e. The van der Waals surface area contributed by atoms with Crippen molar-refractivity contribution in [3.05, 3.63) is 46.0 Å². The number of rotatable bonds is 5. The lowest BCUT2D eigenvalue weighted by Gasteiger charge is -2.12. The Balaban J connectivity index is 1.93. The molecule has 5 nitrogen and oxygen atoms in total. The molecule has 0 radical (unpaired) electrons. The lowest BCUT2D eigenvalue weighted by molar-refractivity contribution is 0.0930. The van der Waals surface area contributed by atoms with Crippen molar-refractivity contribution in [3.8, 4) is 0 Å². The molecule has 2 rings (SSSR count). The van der Waals surface area contributed by atoms with Gasteiger partial charge in [0.05, 0.1) is 0 Å². The van der Waals surface area contributed by atoms with Gasteiger partial charge < -0.3 is 5.32 Å². The van der Waals surface area contributed by atoms with Crippen LogP contribution in [0.2, 0.25) is 0 Å². The Kier molecular flexibility index (Phi) is 5.12. The normalized spacial score (nSPS) is 12.4. The Morgan fingerprint density at radius 1 is 1.29 bits per heavy atom. The molecular formula is C15H19BrN4O. The fraction of sp³-hybridized carbons (Fsp3) is 0.400. The maximum Gasteiger partial charge on any atom is 0.291 e. The molecule has 0 bridgehead atoms. The molecule has 6 heteroatoms. The number of nitrogens with one attached hydrogen (secondary N) is 2. The van der Waals surface area contributed by atoms with E-state index in [-0.39, 0.29) is 23.7 Å². The molecule has 0 spiro atoms. The lowest BCUT2D eigenvalue weighted by atomic mass is 10.1. The van der Waals surface area contributed by atoms with Crippen LogP contribution in [-0.4, -0.2) is 27.1 Å². The minimum atomic E-state index is -0.247. The standard InChI is InChI=1S/C15H19BrN4O/c1-9(2)13-18-14(20-19-13)15(21)17-10(3)8-11-4-6-12(16)7-5-11/h4-7,9-10H,8H2,1-3H3,(H,17,21)(H,18,19,20). The van der Waals surface area contributed by atoms with Crippen molar-refractivity contribution >= 4 is 21.8 Å². The molecule has 1 amide bonds. The number of benzene rings is 1. The number of aromatic nitrogens is 3. The lowest BCUT2D eigenvalue weighted by Crippen LogP contribution is -2.34. The first-order valence-corrected chi connectivity index (χ1v) is 7.72. The van der Waals surface area contributed by atoms with Crippen LogP contribution in [0.3, 0.4) is 0 Å². The zero-order chi connectivity index (χ0) is 15.4. The molecule has 0 aliphatic heterocycles. The van der Waals surface area contributed by atoms with Crippen LogP contribution in [0.4, 0.5) is 0 Å². The molecule has 0 saturated carbocycles. The number of carbonyl (C=O) groups excluding carboxylic acids is 1. The average molecular weight is 351 g/mol. The highest BCUT2D eigenvalue weighted by Gasteiger charge is 2.16. The Bertz CT molecular complexity index is 606. The molecule has 1 unspecified atom stereocenters. The van der Waals surface area contributed by atoms with Crippen molar-refractivity contribution in [2.75, 3.05) is 0 Å². The summed E-state index contributed by atoms with van der Waals surface area (Å²) in [5.41, 5.74) is 1.17. The highest BCUT2D eigenvalue weighted by Crippen LogP contribution is 2.12. The van der Waals surface area contributed by atoms with E-state index in [1.165, 1.54) is 5.56 Å². The molecule has 0 fully saturated rings. The monoisotopic (exact) mass is 350 g/mol. The smallest absolute Gasteiger partial charge is 0.291 e. The minimum Gasteiger partial charge on any atom is -0.346 e. The molecule has 0 aliphatic carbocycles. The van der Waals surface area contributed by atoms with E-state index in [0.29, 0.717) is 0 Å². The van der Waals surface area contributed by atoms with Crippen LogP contribution in [0.25, 0.3) is 0 Å². The molecule has 112 valence electrons. The minimum absolute atomic E-state index is 0.0136. The van der Waals surface area contributed by atoms with Crippen molar-refractivity contribution in [1.82, 2.24) is 20.5 Å². The number of H-pyrrole nitrogens is 1. The summed E-state index contributed by atoms with van der Waals surface area (Å²) in [6, 6.07) is 8.08. The first-order valence-electron chi connectivity index (χ1n) is 6.93. The van der Waals surface area contributed by atoms with E-state index in [0.717, 1.165) is 16.7 Å². The summed E-state index contributed by atoms with van der Waals surface area (Å²) in [6.45, 7) is 5.96. The molecule has 0 aliphatic rings. The van der Waals surface area contributed by atoms with E-state index < -0.39 is 0 Å². The van der Waals surface area contributed by atoms with Crippen LogP contribution in [0, 0.1) is 0 Å². The summed E-state index contributed by atoms with van der Waals surface area (Å²) in [5.74, 6) is 0.893. The number of nitrogens with zero attached hydrogens (tertiary/aromatic N) is 2. The molecule has 1 aromatic heterocycles. The number of hydrogen-bond acceptors (Lipinski definition) is 3. The predicted octanol–water partition coefficient (Wildman–Crippen LogP) is 3.05. The third-order valence-electron chi connectivity index (χ3n) is 3.09. The Morgan fingerprint density at radius 2 is 1.95 bits per heavy atom. The number of aromatic amines is 1. The van der Waals surface area contributed by atoms with E-state index >= 15 is 0 Å². The molecule has 2 N–H and O–H groups in total. The SMILES string of the molecule is CC(Cc1ccc(Br)cc1)NC(=O)c1n[nH]c(C(C)C)n1. The van der Waals surface area contributed by atoms with Crippen molar-refractivity contribution < 1.29 is 4.79 Å². The summed E-state index contributed by atoms with van der Waals surface area (Å²) < 4.78 is 1.05. The summed E-state index contributed by atoms with van der Waals surface area (Å²) in [6.07, 6.45) is 0.764. The van der Waals surface area contributed by atoms with Gasteiger partial charge >= 0.3 is 0 Å². The first kappa shape index (κ1) is 15.7. The second kappa shape index (κ2) is 6.85. The van der Waals surface area contributed by atoms with Gasteiger partial charge in [-0.15, -0.1) is 5.10 Å². The number of amides is 1. The molecule has 21 heavy (non-hydrogen) atoms. The third kappa shape index (κ3) is 4.39. The summed E-state index contributed by atoms with van der Waals surface area (Å²) in [5, 5.41) is 9.66. The second-order valence-corrected chi connectivity index (χ2v) is 6.32. The quantitative estimate of drug-likeness (QED) is 0.870. The molecule has 0 saturated heterocycles. The first-order chi connectivity index (χ1) is 9.95. The molecule has 1 heterocycles. The van der Waals surface area contributed by atoms with Gasteiger partial charge in [-0.1, -0.05) is 41.9 Å². The van der Waals surface area contributed by atoms with Gasteiger partial charge in [-0.3, -0.25) is 9.89 Å². The number of hydrogen-bond donors (Lipinski definition) is 2. The van der Waals surface area contributed by atoms with Crippen LogP contribution in [0.5, 0.6) is 0 Å². The van der Waals surface area contributed by atoms with Crippen LogP contribution in [-0.2, 0) is 6.42 Å². The predicted molar refractivity (Wildman–Crippen MR) is 85.2 cm³/mol. The summed E-state index contributed by atoms with van der Waals surface area (Å²) in [4.78, 5) is 16.3. The molecule has 2 aromatic rings. The van der Waals surface area contributed by atoms with Crippen molar-refractivity contribution in [3.63, 3.8) is 0 Å². The van der Waals surface area contributed by atoms with E-state index in [4.69, 9.17) is 0 Å². The van der Waals surface area contributed by atoms with Crippen molar-refractivity contribution in [2.24, 2.45) is 0 Å². The van der Waals surface area contributed by atoms with E-state index in [2.05, 4.69) is 36.4 Å². The molecular weight excluding hydrogens is 332 g/mol.